The second-order valence-electron chi connectivity index (χ2n) is 7.22. The van der Waals surface area contributed by atoms with Crippen LogP contribution in [0, 0.1) is 5.82 Å². The Labute approximate surface area is 164 Å². The van der Waals surface area contributed by atoms with E-state index in [1.807, 2.05) is 48.2 Å². The maximum atomic E-state index is 12.9. The number of hydrogen-bond donors (Lipinski definition) is 2. The third kappa shape index (κ3) is 5.07. The van der Waals surface area contributed by atoms with Crippen molar-refractivity contribution in [2.75, 3.05) is 57.0 Å². The zero-order valence-electron chi connectivity index (χ0n) is 16.2. The molecule has 148 valence electrons. The van der Waals surface area contributed by atoms with Crippen molar-refractivity contribution in [1.29, 1.82) is 0 Å². The molecule has 0 atom stereocenters. The molecule has 0 aliphatic carbocycles. The molecule has 2 N–H and O–H groups in total. The van der Waals surface area contributed by atoms with Gasteiger partial charge in [-0.15, -0.1) is 0 Å². The van der Waals surface area contributed by atoms with Gasteiger partial charge in [-0.2, -0.15) is 0 Å². The summed E-state index contributed by atoms with van der Waals surface area (Å²) in [6.45, 7) is 3.00. The van der Waals surface area contributed by atoms with Crippen molar-refractivity contribution in [2.24, 2.45) is 0 Å². The lowest BCUT2D eigenvalue weighted by molar-refractivity contribution is -0.895. The summed E-state index contributed by atoms with van der Waals surface area (Å²) in [6, 6.07) is 13.3. The molecule has 3 rings (SSSR count). The van der Waals surface area contributed by atoms with E-state index in [-0.39, 0.29) is 17.6 Å². The van der Waals surface area contributed by atoms with Crippen molar-refractivity contribution in [3.63, 3.8) is 0 Å². The Morgan fingerprint density at radius 3 is 2.43 bits per heavy atom. The Morgan fingerprint density at radius 1 is 1.11 bits per heavy atom. The quantitative estimate of drug-likeness (QED) is 0.803. The van der Waals surface area contributed by atoms with Gasteiger partial charge >= 0.3 is 0 Å². The molecule has 1 aliphatic rings. The smallest absolute Gasteiger partial charge is 0.279 e. The number of benzene rings is 2. The van der Waals surface area contributed by atoms with Gasteiger partial charge in [0, 0.05) is 31.0 Å². The molecule has 0 unspecified atom stereocenters. The molecule has 2 aromatic rings. The second kappa shape index (κ2) is 8.84. The van der Waals surface area contributed by atoms with Crippen LogP contribution < -0.4 is 15.1 Å². The largest absolute Gasteiger partial charge is 0.378 e. The van der Waals surface area contributed by atoms with Crippen LogP contribution in [0.15, 0.2) is 48.5 Å². The predicted octanol–water partition coefficient (Wildman–Crippen LogP) is 0.871. The van der Waals surface area contributed by atoms with Gasteiger partial charge in [-0.25, -0.2) is 4.39 Å². The lowest BCUT2D eigenvalue weighted by atomic mass is 10.1. The first-order chi connectivity index (χ1) is 13.4. The van der Waals surface area contributed by atoms with Crippen LogP contribution in [-0.2, 0) is 4.79 Å². The fourth-order valence-electron chi connectivity index (χ4n) is 3.27. The molecule has 2 aromatic carbocycles. The van der Waals surface area contributed by atoms with Gasteiger partial charge in [-0.3, -0.25) is 9.59 Å². The molecule has 7 heteroatoms. The van der Waals surface area contributed by atoms with E-state index in [0.29, 0.717) is 30.9 Å². The van der Waals surface area contributed by atoms with Crippen LogP contribution in [0.2, 0.25) is 0 Å². The van der Waals surface area contributed by atoms with Crippen LogP contribution in [0.25, 0.3) is 0 Å². The van der Waals surface area contributed by atoms with Crippen LogP contribution in [0.1, 0.15) is 10.4 Å². The number of nitrogens with one attached hydrogen (secondary N) is 2. The van der Waals surface area contributed by atoms with Crippen LogP contribution >= 0.6 is 0 Å². The molecular formula is C21H26FN4O2+. The van der Waals surface area contributed by atoms with Gasteiger partial charge in [0.2, 0.25) is 0 Å². The standard InChI is InChI=1S/C21H25FN4O2/c1-24(2)19-5-3-4-16(14-19)21(28)26-12-10-25(11-13-26)15-20(27)23-18-8-6-17(22)7-9-18/h3-9,14H,10-13,15H2,1-2H3,(H,23,27)/p+1. The van der Waals surface area contributed by atoms with Gasteiger partial charge < -0.3 is 20.0 Å². The average molecular weight is 385 g/mol. The highest BCUT2D eigenvalue weighted by Gasteiger charge is 2.26. The average Bonchev–Trinajstić information content (AvgIpc) is 2.70. The summed E-state index contributed by atoms with van der Waals surface area (Å²) in [5, 5.41) is 2.78. The molecular weight excluding hydrogens is 359 g/mol. The first-order valence-corrected chi connectivity index (χ1v) is 9.38. The molecule has 1 aliphatic heterocycles. The van der Waals surface area contributed by atoms with Crippen molar-refractivity contribution in [2.45, 2.75) is 0 Å². The third-order valence-corrected chi connectivity index (χ3v) is 4.91. The molecule has 2 amide bonds. The lowest BCUT2D eigenvalue weighted by Crippen LogP contribution is -3.15. The van der Waals surface area contributed by atoms with E-state index < -0.39 is 0 Å². The summed E-state index contributed by atoms with van der Waals surface area (Å²) in [7, 11) is 3.89. The third-order valence-electron chi connectivity index (χ3n) is 4.91. The molecule has 0 saturated carbocycles. The van der Waals surface area contributed by atoms with E-state index in [2.05, 4.69) is 5.32 Å². The van der Waals surface area contributed by atoms with E-state index in [0.717, 1.165) is 23.7 Å². The SMILES string of the molecule is CN(C)c1cccc(C(=O)N2CC[NH+](CC(=O)Nc3ccc(F)cc3)CC2)c1. The van der Waals surface area contributed by atoms with E-state index in [9.17, 15) is 14.0 Å². The first-order valence-electron chi connectivity index (χ1n) is 9.38. The summed E-state index contributed by atoms with van der Waals surface area (Å²) in [4.78, 5) is 29.9. The fraction of sp³-hybridized carbons (Fsp3) is 0.333. The number of carbonyl (C=O) groups excluding carboxylic acids is 2. The van der Waals surface area contributed by atoms with Crippen molar-refractivity contribution in [3.8, 4) is 0 Å². The zero-order chi connectivity index (χ0) is 20.1. The second-order valence-corrected chi connectivity index (χ2v) is 7.22. The summed E-state index contributed by atoms with van der Waals surface area (Å²) in [5.74, 6) is -0.417. The Kier molecular flexibility index (Phi) is 6.26. The highest BCUT2D eigenvalue weighted by atomic mass is 19.1. The monoisotopic (exact) mass is 385 g/mol. The number of carbonyl (C=O) groups is 2. The number of halogens is 1. The van der Waals surface area contributed by atoms with Gasteiger partial charge in [0.25, 0.3) is 11.8 Å². The van der Waals surface area contributed by atoms with Crippen LogP contribution in [0.3, 0.4) is 0 Å². The summed E-state index contributed by atoms with van der Waals surface area (Å²) < 4.78 is 12.9. The zero-order valence-corrected chi connectivity index (χ0v) is 16.2. The maximum Gasteiger partial charge on any atom is 0.279 e. The summed E-state index contributed by atoms with van der Waals surface area (Å²) >= 11 is 0. The highest BCUT2D eigenvalue weighted by molar-refractivity contribution is 5.95. The molecule has 6 nitrogen and oxygen atoms in total. The molecule has 0 bridgehead atoms. The van der Waals surface area contributed by atoms with E-state index >= 15 is 0 Å². The molecule has 0 spiro atoms. The number of hydrogen-bond acceptors (Lipinski definition) is 3. The molecule has 1 heterocycles. The van der Waals surface area contributed by atoms with Crippen molar-refractivity contribution >= 4 is 23.2 Å². The molecule has 28 heavy (non-hydrogen) atoms. The van der Waals surface area contributed by atoms with Gasteiger partial charge in [-0.05, 0) is 42.5 Å². The van der Waals surface area contributed by atoms with Gasteiger partial charge in [-0.1, -0.05) is 6.07 Å². The fourth-order valence-corrected chi connectivity index (χ4v) is 3.27. The highest BCUT2D eigenvalue weighted by Crippen LogP contribution is 2.15. The lowest BCUT2D eigenvalue weighted by Gasteiger charge is -2.32. The topological polar surface area (TPSA) is 57.1 Å². The minimum Gasteiger partial charge on any atom is -0.378 e. The number of quaternary nitrogens is 1. The normalized spacial score (nSPS) is 14.6. The number of piperazine rings is 1. The van der Waals surface area contributed by atoms with E-state index in [1.165, 1.54) is 12.1 Å². The molecule has 1 fully saturated rings. The Morgan fingerprint density at radius 2 is 1.79 bits per heavy atom. The van der Waals surface area contributed by atoms with Crippen molar-refractivity contribution in [3.05, 3.63) is 59.9 Å². The summed E-state index contributed by atoms with van der Waals surface area (Å²) in [6.07, 6.45) is 0. The number of anilines is 2. The van der Waals surface area contributed by atoms with Crippen LogP contribution in [-0.4, -0.2) is 63.5 Å². The Hall–Kier alpha value is -2.93. The van der Waals surface area contributed by atoms with E-state index in [1.54, 1.807) is 12.1 Å². The van der Waals surface area contributed by atoms with Crippen LogP contribution in [0.4, 0.5) is 15.8 Å². The van der Waals surface area contributed by atoms with Crippen molar-refractivity contribution in [1.82, 2.24) is 4.90 Å². The minimum atomic E-state index is -0.333. The minimum absolute atomic E-state index is 0.0264. The number of nitrogens with zero attached hydrogens (tertiary/aromatic N) is 2. The predicted molar refractivity (Wildman–Crippen MR) is 107 cm³/mol. The van der Waals surface area contributed by atoms with Gasteiger partial charge in [0.15, 0.2) is 6.54 Å². The molecule has 1 saturated heterocycles. The first kappa shape index (κ1) is 19.8. The van der Waals surface area contributed by atoms with Crippen molar-refractivity contribution < 1.29 is 18.9 Å². The molecule has 0 aromatic heterocycles. The number of amides is 2. The number of rotatable bonds is 5. The Bertz CT molecular complexity index is 831. The van der Waals surface area contributed by atoms with Gasteiger partial charge in [0.1, 0.15) is 5.82 Å². The molecule has 0 radical (unpaired) electrons. The van der Waals surface area contributed by atoms with E-state index in [4.69, 9.17) is 0 Å². The maximum absolute atomic E-state index is 12.9. The Balaban J connectivity index is 1.50. The van der Waals surface area contributed by atoms with Crippen LogP contribution in [0.5, 0.6) is 0 Å². The summed E-state index contributed by atoms with van der Waals surface area (Å²) in [5.41, 5.74) is 2.26. The van der Waals surface area contributed by atoms with Gasteiger partial charge in [0.05, 0.1) is 26.2 Å².